The first-order valence-corrected chi connectivity index (χ1v) is 7.91. The number of fused-ring (bicyclic) bond motifs is 1. The molecule has 0 unspecified atom stereocenters. The van der Waals surface area contributed by atoms with Gasteiger partial charge in [0, 0.05) is 4.43 Å². The molecule has 0 radical (unpaired) electrons. The van der Waals surface area contributed by atoms with Gasteiger partial charge in [0.25, 0.3) is 0 Å². The third kappa shape index (κ3) is 2.49. The summed E-state index contributed by atoms with van der Waals surface area (Å²) in [5, 5.41) is 8.19. The van der Waals surface area contributed by atoms with Crippen molar-refractivity contribution >= 4 is 33.6 Å². The molecular formula is C15H14IN3O. The molecule has 0 saturated heterocycles. The summed E-state index contributed by atoms with van der Waals surface area (Å²) in [4.78, 5) is 7.54. The van der Waals surface area contributed by atoms with Gasteiger partial charge in [-0.2, -0.15) is 0 Å². The number of aryl methyl sites for hydroxylation is 1. The topological polar surface area (TPSA) is 39.9 Å². The maximum absolute atomic E-state index is 6.02. The Morgan fingerprint density at radius 1 is 1.15 bits per heavy atom. The van der Waals surface area contributed by atoms with E-state index in [1.807, 2.05) is 36.4 Å². The van der Waals surface area contributed by atoms with E-state index >= 15 is 0 Å². The van der Waals surface area contributed by atoms with Gasteiger partial charge in [0.05, 0.1) is 0 Å². The van der Waals surface area contributed by atoms with E-state index in [4.69, 9.17) is 4.84 Å². The first kappa shape index (κ1) is 13.4. The Morgan fingerprint density at radius 3 is 2.70 bits per heavy atom. The fourth-order valence-electron chi connectivity index (χ4n) is 2.16. The molecule has 0 saturated carbocycles. The fourth-order valence-corrected chi connectivity index (χ4v) is 2.80. The number of benzene rings is 2. The lowest BCUT2D eigenvalue weighted by atomic mass is 10.1. The number of para-hydroxylation sites is 1. The van der Waals surface area contributed by atoms with Crippen LogP contribution in [-0.2, 0) is 0 Å². The van der Waals surface area contributed by atoms with Crippen molar-refractivity contribution in [2.24, 2.45) is 0 Å². The van der Waals surface area contributed by atoms with Gasteiger partial charge in [-0.05, 0) is 35.4 Å². The Hall–Kier alpha value is -1.63. The van der Waals surface area contributed by atoms with Crippen LogP contribution in [0.15, 0.2) is 48.5 Å². The van der Waals surface area contributed by atoms with Crippen LogP contribution >= 0.6 is 22.6 Å². The number of hydrogen-bond donors (Lipinski definition) is 0. The Kier molecular flexibility index (Phi) is 3.86. The van der Waals surface area contributed by atoms with Crippen LogP contribution in [-0.4, -0.2) is 19.6 Å². The molecule has 20 heavy (non-hydrogen) atoms. The largest absolute Gasteiger partial charge is 0.386 e. The minimum Gasteiger partial charge on any atom is -0.386 e. The van der Waals surface area contributed by atoms with Gasteiger partial charge >= 0.3 is 0 Å². The van der Waals surface area contributed by atoms with Crippen molar-refractivity contribution in [3.63, 3.8) is 0 Å². The minimum atomic E-state index is -0.0399. The van der Waals surface area contributed by atoms with E-state index in [0.29, 0.717) is 0 Å². The van der Waals surface area contributed by atoms with Crippen molar-refractivity contribution in [3.8, 4) is 0 Å². The van der Waals surface area contributed by atoms with Crippen LogP contribution < -0.4 is 4.84 Å². The summed E-state index contributed by atoms with van der Waals surface area (Å²) in [6, 6.07) is 16.0. The summed E-state index contributed by atoms with van der Waals surface area (Å²) in [5.74, 6) is 0. The highest BCUT2D eigenvalue weighted by Crippen LogP contribution is 2.22. The van der Waals surface area contributed by atoms with Gasteiger partial charge < -0.3 is 4.84 Å². The van der Waals surface area contributed by atoms with E-state index in [1.54, 1.807) is 0 Å². The van der Waals surface area contributed by atoms with Crippen LogP contribution in [0.25, 0.3) is 11.0 Å². The fraction of sp³-hybridized carbons (Fsp3) is 0.200. The molecule has 0 aliphatic rings. The van der Waals surface area contributed by atoms with E-state index in [-0.39, 0.29) is 6.10 Å². The molecule has 5 heteroatoms. The van der Waals surface area contributed by atoms with Crippen molar-refractivity contribution in [2.75, 3.05) is 4.43 Å². The van der Waals surface area contributed by atoms with E-state index in [9.17, 15) is 0 Å². The van der Waals surface area contributed by atoms with Gasteiger partial charge in [-0.25, -0.2) is 0 Å². The predicted octanol–water partition coefficient (Wildman–Crippen LogP) is 3.34. The normalized spacial score (nSPS) is 12.5. The molecule has 102 valence electrons. The monoisotopic (exact) mass is 379 g/mol. The van der Waals surface area contributed by atoms with Crippen molar-refractivity contribution in [3.05, 3.63) is 59.7 Å². The van der Waals surface area contributed by atoms with Crippen LogP contribution in [0.4, 0.5) is 0 Å². The Morgan fingerprint density at radius 2 is 1.90 bits per heavy atom. The molecule has 1 atom stereocenters. The van der Waals surface area contributed by atoms with Crippen molar-refractivity contribution in [2.45, 2.75) is 13.0 Å². The van der Waals surface area contributed by atoms with Gasteiger partial charge in [-0.3, -0.25) is 0 Å². The third-order valence-corrected chi connectivity index (χ3v) is 4.02. The van der Waals surface area contributed by atoms with Crippen LogP contribution in [0.1, 0.15) is 17.2 Å². The molecule has 0 aliphatic heterocycles. The lowest BCUT2D eigenvalue weighted by Crippen LogP contribution is -2.21. The third-order valence-electron chi connectivity index (χ3n) is 3.22. The first-order chi connectivity index (χ1) is 9.79. The van der Waals surface area contributed by atoms with E-state index < -0.39 is 0 Å². The van der Waals surface area contributed by atoms with Crippen LogP contribution in [0, 0.1) is 6.92 Å². The van der Waals surface area contributed by atoms with Crippen molar-refractivity contribution in [1.29, 1.82) is 0 Å². The molecule has 2 aromatic carbocycles. The summed E-state index contributed by atoms with van der Waals surface area (Å²) in [7, 11) is 0. The summed E-state index contributed by atoms with van der Waals surface area (Å²) in [6.07, 6.45) is -0.0399. The quantitative estimate of drug-likeness (QED) is 0.516. The van der Waals surface area contributed by atoms with Gasteiger partial charge in [-0.15, -0.1) is 5.10 Å². The molecule has 0 amide bonds. The molecule has 0 fully saturated rings. The van der Waals surface area contributed by atoms with Gasteiger partial charge in [-0.1, -0.05) is 63.8 Å². The highest BCUT2D eigenvalue weighted by Gasteiger charge is 2.16. The second-order valence-electron chi connectivity index (χ2n) is 4.56. The average Bonchev–Trinajstić information content (AvgIpc) is 2.89. The molecule has 0 aliphatic carbocycles. The summed E-state index contributed by atoms with van der Waals surface area (Å²) in [6.45, 7) is 2.09. The zero-order chi connectivity index (χ0) is 13.9. The molecule has 1 heterocycles. The van der Waals surface area contributed by atoms with E-state index in [1.165, 1.54) is 16.0 Å². The predicted molar refractivity (Wildman–Crippen MR) is 86.9 cm³/mol. The number of aromatic nitrogens is 3. The number of alkyl halides is 1. The smallest absolute Gasteiger partial charge is 0.161 e. The van der Waals surface area contributed by atoms with E-state index in [2.05, 4.69) is 52.0 Å². The molecule has 0 bridgehead atoms. The highest BCUT2D eigenvalue weighted by molar-refractivity contribution is 14.1. The van der Waals surface area contributed by atoms with Crippen LogP contribution in [0.5, 0.6) is 0 Å². The van der Waals surface area contributed by atoms with Gasteiger partial charge in [0.1, 0.15) is 11.0 Å². The van der Waals surface area contributed by atoms with Gasteiger partial charge in [0.15, 0.2) is 6.10 Å². The molecule has 1 aromatic heterocycles. The maximum Gasteiger partial charge on any atom is 0.161 e. The highest BCUT2D eigenvalue weighted by atomic mass is 127. The lowest BCUT2D eigenvalue weighted by Gasteiger charge is -2.18. The van der Waals surface area contributed by atoms with Crippen LogP contribution in [0.3, 0.4) is 0 Å². The second kappa shape index (κ2) is 5.78. The zero-order valence-corrected chi connectivity index (χ0v) is 13.2. The second-order valence-corrected chi connectivity index (χ2v) is 5.44. The molecule has 3 aromatic rings. The SMILES string of the molecule is Cc1ccccc1[C@H](CI)On1nnc2ccccc21. The molecular weight excluding hydrogens is 365 g/mol. The molecule has 0 spiro atoms. The zero-order valence-electron chi connectivity index (χ0n) is 11.0. The number of halogens is 1. The van der Waals surface area contributed by atoms with Crippen LogP contribution in [0.2, 0.25) is 0 Å². The maximum atomic E-state index is 6.02. The first-order valence-electron chi connectivity index (χ1n) is 6.38. The number of hydrogen-bond acceptors (Lipinski definition) is 3. The van der Waals surface area contributed by atoms with Crippen molar-refractivity contribution in [1.82, 2.24) is 15.2 Å². The average molecular weight is 379 g/mol. The van der Waals surface area contributed by atoms with E-state index in [0.717, 1.165) is 15.5 Å². The van der Waals surface area contributed by atoms with Gasteiger partial charge in [0.2, 0.25) is 0 Å². The lowest BCUT2D eigenvalue weighted by molar-refractivity contribution is 0.0333. The Labute approximate surface area is 130 Å². The number of nitrogens with zero attached hydrogens (tertiary/aromatic N) is 3. The summed E-state index contributed by atoms with van der Waals surface area (Å²) >= 11 is 2.33. The number of rotatable bonds is 4. The standard InChI is InChI=1S/C15H14IN3O/c1-11-6-2-3-7-12(11)15(10-16)20-19-14-9-5-4-8-13(14)17-18-19/h2-9,15H,10H2,1H3/t15-/m0/s1. The Bertz CT molecular complexity index is 726. The summed E-state index contributed by atoms with van der Waals surface area (Å²) < 4.78 is 0.844. The molecule has 0 N–H and O–H groups in total. The minimum absolute atomic E-state index is 0.0399. The van der Waals surface area contributed by atoms with Crippen molar-refractivity contribution < 1.29 is 4.84 Å². The Balaban J connectivity index is 1.94. The summed E-state index contributed by atoms with van der Waals surface area (Å²) in [5.41, 5.74) is 4.13. The molecule has 3 rings (SSSR count). The molecule has 4 nitrogen and oxygen atoms in total.